The molecule has 0 aliphatic rings. The van der Waals surface area contributed by atoms with Crippen molar-refractivity contribution in [2.75, 3.05) is 7.11 Å². The minimum Gasteiger partial charge on any atom is -0.465 e. The third-order valence-corrected chi connectivity index (χ3v) is 1.89. The number of pyridine rings is 1. The van der Waals surface area contributed by atoms with Crippen molar-refractivity contribution in [3.63, 3.8) is 0 Å². The van der Waals surface area contributed by atoms with E-state index >= 15 is 0 Å². The van der Waals surface area contributed by atoms with Crippen molar-refractivity contribution in [1.82, 2.24) is 4.98 Å². The predicted octanol–water partition coefficient (Wildman–Crippen LogP) is 1.77. The summed E-state index contributed by atoms with van der Waals surface area (Å²) < 4.78 is 4.61. The normalized spacial score (nSPS) is 9.13. The number of aromatic nitrogens is 1. The van der Waals surface area contributed by atoms with E-state index in [2.05, 4.69) is 16.3 Å². The highest BCUT2D eigenvalue weighted by Crippen LogP contribution is 2.20. The molecule has 1 rings (SSSR count). The van der Waals surface area contributed by atoms with Gasteiger partial charge in [-0.1, -0.05) is 6.58 Å². The molecule has 0 unspecified atom stereocenters. The van der Waals surface area contributed by atoms with Gasteiger partial charge < -0.3 is 4.74 Å². The molecule has 0 spiro atoms. The Bertz CT molecular complexity index is 458. The van der Waals surface area contributed by atoms with Crippen molar-refractivity contribution < 1.29 is 9.53 Å². The molecule has 0 bridgehead atoms. The Morgan fingerprint density at radius 1 is 1.67 bits per heavy atom. The first-order valence-electron chi connectivity index (χ1n) is 4.25. The lowest BCUT2D eigenvalue weighted by molar-refractivity contribution is 0.0600. The van der Waals surface area contributed by atoms with Gasteiger partial charge in [0.2, 0.25) is 0 Å². The third kappa shape index (κ3) is 2.02. The first-order chi connectivity index (χ1) is 7.11. The number of nitrogens with zero attached hydrogens (tertiary/aromatic N) is 2. The maximum Gasteiger partial charge on any atom is 0.338 e. The minimum atomic E-state index is -0.494. The number of rotatable bonds is 2. The Morgan fingerprint density at radius 3 is 2.80 bits per heavy atom. The number of carbonyl (C=O) groups is 1. The Labute approximate surface area is 87.8 Å². The van der Waals surface area contributed by atoms with Crippen LogP contribution in [0.15, 0.2) is 18.8 Å². The molecular formula is C11H10N2O2. The number of allylic oxidation sites excluding steroid dienone is 1. The molecule has 0 aliphatic heterocycles. The lowest BCUT2D eigenvalue weighted by atomic mass is 10.0. The van der Waals surface area contributed by atoms with E-state index in [0.717, 1.165) is 0 Å². The number of hydrogen-bond donors (Lipinski definition) is 0. The molecule has 4 heteroatoms. The number of esters is 1. The molecule has 0 aromatic carbocycles. The summed E-state index contributed by atoms with van der Waals surface area (Å²) in [5.41, 5.74) is 1.56. The van der Waals surface area contributed by atoms with E-state index in [4.69, 9.17) is 5.26 Å². The van der Waals surface area contributed by atoms with Crippen LogP contribution in [0.4, 0.5) is 0 Å². The molecule has 1 aromatic heterocycles. The van der Waals surface area contributed by atoms with E-state index in [0.29, 0.717) is 16.7 Å². The third-order valence-electron chi connectivity index (χ3n) is 1.89. The van der Waals surface area contributed by atoms with Crippen LogP contribution in [0, 0.1) is 11.3 Å². The SMILES string of the molecule is C=C(C)c1c(C(=O)OC)ccnc1C#N. The molecule has 0 aliphatic carbocycles. The monoisotopic (exact) mass is 202 g/mol. The van der Waals surface area contributed by atoms with Crippen LogP contribution in [0.2, 0.25) is 0 Å². The van der Waals surface area contributed by atoms with Crippen LogP contribution in [0.1, 0.15) is 28.5 Å². The van der Waals surface area contributed by atoms with Gasteiger partial charge in [0.25, 0.3) is 0 Å². The van der Waals surface area contributed by atoms with Gasteiger partial charge in [-0.25, -0.2) is 9.78 Å². The quantitative estimate of drug-likeness (QED) is 0.685. The van der Waals surface area contributed by atoms with Crippen LogP contribution in [-0.2, 0) is 4.74 Å². The number of carbonyl (C=O) groups excluding carboxylic acids is 1. The zero-order valence-electron chi connectivity index (χ0n) is 8.57. The molecule has 0 saturated heterocycles. The maximum atomic E-state index is 11.4. The molecule has 0 amide bonds. The lowest BCUT2D eigenvalue weighted by Crippen LogP contribution is -2.07. The standard InChI is InChI=1S/C11H10N2O2/c1-7(2)10-8(11(14)15-3)4-5-13-9(10)6-12/h4-5H,1H2,2-3H3. The highest BCUT2D eigenvalue weighted by molar-refractivity contribution is 5.95. The van der Waals surface area contributed by atoms with Gasteiger partial charge >= 0.3 is 5.97 Å². The van der Waals surface area contributed by atoms with Gasteiger partial charge in [-0.15, -0.1) is 0 Å². The van der Waals surface area contributed by atoms with Crippen LogP contribution in [0.25, 0.3) is 5.57 Å². The summed E-state index contributed by atoms with van der Waals surface area (Å²) in [5.74, 6) is -0.494. The van der Waals surface area contributed by atoms with E-state index < -0.39 is 5.97 Å². The summed E-state index contributed by atoms with van der Waals surface area (Å²) in [4.78, 5) is 15.3. The topological polar surface area (TPSA) is 63.0 Å². The second kappa shape index (κ2) is 4.38. The summed E-state index contributed by atoms with van der Waals surface area (Å²) in [6.07, 6.45) is 1.40. The van der Waals surface area contributed by atoms with E-state index in [1.807, 2.05) is 6.07 Å². The fourth-order valence-electron chi connectivity index (χ4n) is 1.26. The molecule has 1 heterocycles. The number of ether oxygens (including phenoxy) is 1. The van der Waals surface area contributed by atoms with Crippen LogP contribution < -0.4 is 0 Å². The number of nitriles is 1. The first kappa shape index (κ1) is 10.9. The van der Waals surface area contributed by atoms with Gasteiger partial charge in [0.05, 0.1) is 12.7 Å². The van der Waals surface area contributed by atoms with Gasteiger partial charge in [0, 0.05) is 11.8 Å². The first-order valence-corrected chi connectivity index (χ1v) is 4.25. The average molecular weight is 202 g/mol. The van der Waals surface area contributed by atoms with Crippen molar-refractivity contribution in [2.45, 2.75) is 6.92 Å². The molecule has 76 valence electrons. The van der Waals surface area contributed by atoms with Crippen LogP contribution in [-0.4, -0.2) is 18.1 Å². The van der Waals surface area contributed by atoms with E-state index in [9.17, 15) is 4.79 Å². The van der Waals surface area contributed by atoms with Gasteiger partial charge in [-0.2, -0.15) is 5.26 Å². The molecule has 0 radical (unpaired) electrons. The van der Waals surface area contributed by atoms with Gasteiger partial charge in [0.1, 0.15) is 11.8 Å². The summed E-state index contributed by atoms with van der Waals surface area (Å²) in [6.45, 7) is 5.43. The number of hydrogen-bond acceptors (Lipinski definition) is 4. The summed E-state index contributed by atoms with van der Waals surface area (Å²) in [7, 11) is 1.29. The predicted molar refractivity (Wildman–Crippen MR) is 55.0 cm³/mol. The van der Waals surface area contributed by atoms with Crippen LogP contribution >= 0.6 is 0 Å². The van der Waals surface area contributed by atoms with Crippen molar-refractivity contribution in [1.29, 1.82) is 5.26 Å². The van der Waals surface area contributed by atoms with Crippen molar-refractivity contribution in [3.8, 4) is 6.07 Å². The second-order valence-corrected chi connectivity index (χ2v) is 2.97. The summed E-state index contributed by atoms with van der Waals surface area (Å²) in [5, 5.41) is 8.84. The minimum absolute atomic E-state index is 0.186. The van der Waals surface area contributed by atoms with E-state index in [1.54, 1.807) is 6.92 Å². The molecule has 0 N–H and O–H groups in total. The molecule has 0 atom stereocenters. The molecule has 4 nitrogen and oxygen atoms in total. The van der Waals surface area contributed by atoms with Crippen LogP contribution in [0.3, 0.4) is 0 Å². The average Bonchev–Trinajstić information content (AvgIpc) is 2.26. The van der Waals surface area contributed by atoms with E-state index in [-0.39, 0.29) is 5.69 Å². The lowest BCUT2D eigenvalue weighted by Gasteiger charge is -2.07. The van der Waals surface area contributed by atoms with Gasteiger partial charge in [-0.3, -0.25) is 0 Å². The summed E-state index contributed by atoms with van der Waals surface area (Å²) in [6, 6.07) is 3.43. The largest absolute Gasteiger partial charge is 0.465 e. The highest BCUT2D eigenvalue weighted by Gasteiger charge is 2.16. The molecule has 0 fully saturated rings. The van der Waals surface area contributed by atoms with Gasteiger partial charge in [-0.05, 0) is 18.6 Å². The summed E-state index contributed by atoms with van der Waals surface area (Å²) >= 11 is 0. The van der Waals surface area contributed by atoms with Crippen molar-refractivity contribution in [3.05, 3.63) is 35.7 Å². The Kier molecular flexibility index (Phi) is 3.19. The van der Waals surface area contributed by atoms with Gasteiger partial charge in [0.15, 0.2) is 0 Å². The molecular weight excluding hydrogens is 192 g/mol. The molecule has 0 saturated carbocycles. The van der Waals surface area contributed by atoms with E-state index in [1.165, 1.54) is 19.4 Å². The maximum absolute atomic E-state index is 11.4. The Hall–Kier alpha value is -2.15. The fraction of sp³-hybridized carbons (Fsp3) is 0.182. The fourth-order valence-corrected chi connectivity index (χ4v) is 1.26. The smallest absolute Gasteiger partial charge is 0.338 e. The highest BCUT2D eigenvalue weighted by atomic mass is 16.5. The van der Waals surface area contributed by atoms with Crippen molar-refractivity contribution in [2.24, 2.45) is 0 Å². The molecule has 15 heavy (non-hydrogen) atoms. The number of methoxy groups -OCH3 is 1. The zero-order chi connectivity index (χ0) is 11.4. The van der Waals surface area contributed by atoms with Crippen LogP contribution in [0.5, 0.6) is 0 Å². The second-order valence-electron chi connectivity index (χ2n) is 2.97. The van der Waals surface area contributed by atoms with Crippen molar-refractivity contribution >= 4 is 11.5 Å². The zero-order valence-corrected chi connectivity index (χ0v) is 8.57. The Morgan fingerprint density at radius 2 is 2.33 bits per heavy atom. The molecule has 1 aromatic rings. The Balaban J connectivity index is 3.47.